The van der Waals surface area contributed by atoms with Crippen LogP contribution in [0, 0.1) is 0 Å². The molecule has 0 atom stereocenters. The van der Waals surface area contributed by atoms with Crippen molar-refractivity contribution in [3.05, 3.63) is 33.9 Å². The Balaban J connectivity index is 2.94. The molecule has 1 N–H and O–H groups in total. The van der Waals surface area contributed by atoms with Crippen molar-refractivity contribution in [1.82, 2.24) is 4.57 Å². The van der Waals surface area contributed by atoms with Gasteiger partial charge in [-0.1, -0.05) is 29.3 Å². The molecule has 2 rings (SSSR count). The van der Waals surface area contributed by atoms with Gasteiger partial charge in [-0.05, 0) is 12.1 Å². The molecule has 74 valence electrons. The van der Waals surface area contributed by atoms with E-state index >= 15 is 0 Å². The van der Waals surface area contributed by atoms with Crippen LogP contribution in [0.25, 0.3) is 10.9 Å². The summed E-state index contributed by atoms with van der Waals surface area (Å²) in [4.78, 5) is 0. The summed E-state index contributed by atoms with van der Waals surface area (Å²) in [6.45, 7) is -0.0830. The van der Waals surface area contributed by atoms with Crippen LogP contribution >= 0.6 is 23.2 Å². The molecule has 0 spiro atoms. The highest BCUT2D eigenvalue weighted by Crippen LogP contribution is 2.34. The van der Waals surface area contributed by atoms with E-state index in [0.29, 0.717) is 15.7 Å². The standard InChI is InChI=1S/C10H9Cl2NO/c1-13-7-4-2-3-6(11)9(7)10(12)8(13)5-14/h2-4,14H,5H2,1H3. The minimum absolute atomic E-state index is 0.0830. The quantitative estimate of drug-likeness (QED) is 0.800. The number of halogens is 2. The molecule has 0 radical (unpaired) electrons. The van der Waals surface area contributed by atoms with E-state index in [1.807, 2.05) is 23.7 Å². The van der Waals surface area contributed by atoms with E-state index in [-0.39, 0.29) is 6.61 Å². The average Bonchev–Trinajstić information content (AvgIpc) is 2.41. The molecule has 0 aliphatic heterocycles. The maximum Gasteiger partial charge on any atom is 0.0848 e. The molecular formula is C10H9Cl2NO. The highest BCUT2D eigenvalue weighted by Gasteiger charge is 2.14. The van der Waals surface area contributed by atoms with E-state index in [9.17, 15) is 0 Å². The number of aliphatic hydroxyl groups is 1. The first-order chi connectivity index (χ1) is 6.66. The fourth-order valence-corrected chi connectivity index (χ4v) is 2.32. The van der Waals surface area contributed by atoms with Gasteiger partial charge in [-0.2, -0.15) is 0 Å². The van der Waals surface area contributed by atoms with Crippen LogP contribution in [0.3, 0.4) is 0 Å². The van der Waals surface area contributed by atoms with Gasteiger partial charge in [0.2, 0.25) is 0 Å². The monoisotopic (exact) mass is 229 g/mol. The fraction of sp³-hybridized carbons (Fsp3) is 0.200. The Morgan fingerprint density at radius 3 is 2.64 bits per heavy atom. The molecule has 1 aromatic heterocycles. The molecule has 0 aliphatic rings. The molecule has 1 heterocycles. The van der Waals surface area contributed by atoms with Crippen molar-refractivity contribution in [2.24, 2.45) is 7.05 Å². The third-order valence-corrected chi connectivity index (χ3v) is 3.10. The van der Waals surface area contributed by atoms with Crippen LogP contribution in [0.2, 0.25) is 10.0 Å². The van der Waals surface area contributed by atoms with Gasteiger partial charge in [-0.15, -0.1) is 0 Å². The molecule has 14 heavy (non-hydrogen) atoms. The number of aromatic nitrogens is 1. The largest absolute Gasteiger partial charge is 0.390 e. The Labute approximate surface area is 91.7 Å². The zero-order valence-electron chi connectivity index (χ0n) is 7.59. The van der Waals surface area contributed by atoms with Crippen LogP contribution in [0.5, 0.6) is 0 Å². The predicted molar refractivity (Wildman–Crippen MR) is 58.9 cm³/mol. The van der Waals surface area contributed by atoms with E-state index < -0.39 is 0 Å². The molecule has 2 aromatic rings. The van der Waals surface area contributed by atoms with E-state index in [2.05, 4.69) is 0 Å². The lowest BCUT2D eigenvalue weighted by molar-refractivity contribution is 0.273. The molecule has 1 aromatic carbocycles. The maximum absolute atomic E-state index is 9.14. The molecule has 0 saturated heterocycles. The fourth-order valence-electron chi connectivity index (χ4n) is 1.62. The molecule has 0 unspecified atom stereocenters. The molecular weight excluding hydrogens is 221 g/mol. The second-order valence-electron chi connectivity index (χ2n) is 3.11. The van der Waals surface area contributed by atoms with Crippen molar-refractivity contribution in [2.45, 2.75) is 6.61 Å². The lowest BCUT2D eigenvalue weighted by Crippen LogP contribution is -1.95. The molecule has 4 heteroatoms. The highest BCUT2D eigenvalue weighted by atomic mass is 35.5. The first-order valence-corrected chi connectivity index (χ1v) is 4.94. The maximum atomic E-state index is 9.14. The average molecular weight is 230 g/mol. The van der Waals surface area contributed by atoms with Crippen molar-refractivity contribution < 1.29 is 5.11 Å². The van der Waals surface area contributed by atoms with Crippen LogP contribution in [-0.4, -0.2) is 9.67 Å². The van der Waals surface area contributed by atoms with Gasteiger partial charge in [-0.3, -0.25) is 0 Å². The molecule has 0 bridgehead atoms. The van der Waals surface area contributed by atoms with Gasteiger partial charge in [-0.25, -0.2) is 0 Å². The van der Waals surface area contributed by atoms with Gasteiger partial charge in [0.25, 0.3) is 0 Å². The summed E-state index contributed by atoms with van der Waals surface area (Å²) >= 11 is 12.1. The summed E-state index contributed by atoms with van der Waals surface area (Å²) in [5.41, 5.74) is 1.63. The van der Waals surface area contributed by atoms with Gasteiger partial charge in [0.05, 0.1) is 27.9 Å². The number of aryl methyl sites for hydroxylation is 1. The Morgan fingerprint density at radius 2 is 2.07 bits per heavy atom. The number of hydrogen-bond acceptors (Lipinski definition) is 1. The Kier molecular flexibility index (Phi) is 2.43. The number of nitrogens with zero attached hydrogens (tertiary/aromatic N) is 1. The summed E-state index contributed by atoms with van der Waals surface area (Å²) < 4.78 is 1.85. The number of benzene rings is 1. The first-order valence-electron chi connectivity index (χ1n) is 4.19. The van der Waals surface area contributed by atoms with Crippen LogP contribution in [-0.2, 0) is 13.7 Å². The summed E-state index contributed by atoms with van der Waals surface area (Å²) in [6.07, 6.45) is 0. The van der Waals surface area contributed by atoms with Crippen molar-refractivity contribution in [3.8, 4) is 0 Å². The van der Waals surface area contributed by atoms with Crippen LogP contribution in [0.4, 0.5) is 0 Å². The second-order valence-corrected chi connectivity index (χ2v) is 3.90. The predicted octanol–water partition coefficient (Wildman–Crippen LogP) is 2.98. The molecule has 0 fully saturated rings. The van der Waals surface area contributed by atoms with Crippen molar-refractivity contribution in [3.63, 3.8) is 0 Å². The van der Waals surface area contributed by atoms with Crippen molar-refractivity contribution in [2.75, 3.05) is 0 Å². The smallest absolute Gasteiger partial charge is 0.0848 e. The normalized spacial score (nSPS) is 11.1. The van der Waals surface area contributed by atoms with Crippen LogP contribution in [0.1, 0.15) is 5.69 Å². The van der Waals surface area contributed by atoms with E-state index in [0.717, 1.165) is 10.9 Å². The van der Waals surface area contributed by atoms with Gasteiger partial charge >= 0.3 is 0 Å². The topological polar surface area (TPSA) is 25.2 Å². The van der Waals surface area contributed by atoms with E-state index in [1.165, 1.54) is 0 Å². The minimum atomic E-state index is -0.0830. The van der Waals surface area contributed by atoms with E-state index in [4.69, 9.17) is 28.3 Å². The van der Waals surface area contributed by atoms with Gasteiger partial charge in [0.15, 0.2) is 0 Å². The van der Waals surface area contributed by atoms with Crippen LogP contribution in [0.15, 0.2) is 18.2 Å². The zero-order valence-corrected chi connectivity index (χ0v) is 9.10. The third kappa shape index (κ3) is 1.22. The van der Waals surface area contributed by atoms with Gasteiger partial charge in [0, 0.05) is 12.4 Å². The van der Waals surface area contributed by atoms with E-state index in [1.54, 1.807) is 6.07 Å². The highest BCUT2D eigenvalue weighted by molar-refractivity contribution is 6.42. The van der Waals surface area contributed by atoms with Gasteiger partial charge in [0.1, 0.15) is 0 Å². The number of fused-ring (bicyclic) bond motifs is 1. The van der Waals surface area contributed by atoms with Crippen molar-refractivity contribution >= 4 is 34.1 Å². The summed E-state index contributed by atoms with van der Waals surface area (Å²) in [6, 6.07) is 5.57. The molecule has 2 nitrogen and oxygen atoms in total. The molecule has 0 saturated carbocycles. The van der Waals surface area contributed by atoms with Crippen LogP contribution < -0.4 is 0 Å². The summed E-state index contributed by atoms with van der Waals surface area (Å²) in [7, 11) is 1.86. The summed E-state index contributed by atoms with van der Waals surface area (Å²) in [5, 5.41) is 11.1. The number of rotatable bonds is 1. The van der Waals surface area contributed by atoms with Crippen molar-refractivity contribution in [1.29, 1.82) is 0 Å². The number of hydrogen-bond donors (Lipinski definition) is 1. The minimum Gasteiger partial charge on any atom is -0.390 e. The lowest BCUT2D eigenvalue weighted by Gasteiger charge is -1.99. The SMILES string of the molecule is Cn1c(CO)c(Cl)c2c(Cl)cccc21. The Bertz CT molecular complexity index is 490. The molecule has 0 amide bonds. The number of aliphatic hydroxyl groups excluding tert-OH is 1. The van der Waals surface area contributed by atoms with Gasteiger partial charge < -0.3 is 9.67 Å². The second kappa shape index (κ2) is 3.46. The molecule has 0 aliphatic carbocycles. The Morgan fingerprint density at radius 1 is 1.36 bits per heavy atom. The zero-order chi connectivity index (χ0) is 10.3. The third-order valence-electron chi connectivity index (χ3n) is 2.38. The Hall–Kier alpha value is -0.700. The first kappa shape index (κ1) is 9.84. The summed E-state index contributed by atoms with van der Waals surface area (Å²) in [5.74, 6) is 0. The lowest BCUT2D eigenvalue weighted by atomic mass is 10.2.